The summed E-state index contributed by atoms with van der Waals surface area (Å²) in [6, 6.07) is 0. The molecule has 68 valence electrons. The average molecular weight is 304 g/mol. The van der Waals surface area contributed by atoms with E-state index < -0.39 is 12.8 Å². The summed E-state index contributed by atoms with van der Waals surface area (Å²) in [6.45, 7) is 7.01. The maximum absolute atomic E-state index is 2.86. The quantitative estimate of drug-likeness (QED) is 0.480. The van der Waals surface area contributed by atoms with Gasteiger partial charge in [-0.2, -0.15) is 0 Å². The first-order valence-electron chi connectivity index (χ1n) is 4.87. The van der Waals surface area contributed by atoms with Crippen LogP contribution in [0.3, 0.4) is 0 Å². The normalized spacial score (nSPS) is 12.0. The van der Waals surface area contributed by atoms with E-state index in [9.17, 15) is 0 Å². The standard InChI is InChI=1S/3C3H7.HI.Ti/c3*1-3-2;;/h3*1,3H2,2H3;1H;/q;;;;+1/p-1. The SMILES string of the molecule is CC[CH2][Ti]([I])([CH2]CC)[CH2]CC. The number of hydrogen-bond acceptors (Lipinski definition) is 0. The van der Waals surface area contributed by atoms with E-state index in [0.29, 0.717) is 0 Å². The summed E-state index contributed by atoms with van der Waals surface area (Å²) < 4.78 is 4.76. The second kappa shape index (κ2) is 6.91. The summed E-state index contributed by atoms with van der Waals surface area (Å²) in [4.78, 5) is 0. The Balaban J connectivity index is 3.79. The minimum absolute atomic E-state index is 1.27. The third-order valence-corrected chi connectivity index (χ3v) is 15.3. The van der Waals surface area contributed by atoms with Gasteiger partial charge in [-0.1, -0.05) is 0 Å². The summed E-state index contributed by atoms with van der Waals surface area (Å²) in [5.74, 6) is 0. The van der Waals surface area contributed by atoms with Gasteiger partial charge in [0.15, 0.2) is 0 Å². The van der Waals surface area contributed by atoms with E-state index in [-0.39, 0.29) is 0 Å². The zero-order valence-electron chi connectivity index (χ0n) is 8.12. The molecule has 0 bridgehead atoms. The second-order valence-corrected chi connectivity index (χ2v) is 18.8. The van der Waals surface area contributed by atoms with Crippen molar-refractivity contribution in [3.8, 4) is 0 Å². The molecule has 0 aromatic carbocycles. The molecule has 0 aliphatic heterocycles. The molecule has 0 aliphatic rings. The maximum atomic E-state index is 2.86. The van der Waals surface area contributed by atoms with Gasteiger partial charge < -0.3 is 0 Å². The Kier molecular flexibility index (Phi) is 7.81. The van der Waals surface area contributed by atoms with Crippen LogP contribution < -0.4 is 0 Å². The van der Waals surface area contributed by atoms with Crippen LogP contribution in [0.4, 0.5) is 0 Å². The van der Waals surface area contributed by atoms with Crippen LogP contribution in [0.2, 0.25) is 14.2 Å². The summed E-state index contributed by atoms with van der Waals surface area (Å²) >= 11 is 1.59. The monoisotopic (exact) mass is 304 g/mol. The Bertz CT molecular complexity index is 76.5. The average Bonchev–Trinajstić information content (AvgIpc) is 1.88. The molecular weight excluding hydrogens is 283 g/mol. The van der Waals surface area contributed by atoms with Gasteiger partial charge in [0.2, 0.25) is 0 Å². The van der Waals surface area contributed by atoms with Crippen LogP contribution in [-0.2, 0) is 12.8 Å². The van der Waals surface area contributed by atoms with Gasteiger partial charge in [0, 0.05) is 0 Å². The van der Waals surface area contributed by atoms with Gasteiger partial charge in [-0.05, 0) is 0 Å². The first kappa shape index (κ1) is 12.4. The zero-order chi connectivity index (χ0) is 8.74. The van der Waals surface area contributed by atoms with Gasteiger partial charge in [0.1, 0.15) is 0 Å². The molecule has 0 aliphatic carbocycles. The van der Waals surface area contributed by atoms with Crippen molar-refractivity contribution in [1.82, 2.24) is 0 Å². The van der Waals surface area contributed by atoms with E-state index in [2.05, 4.69) is 40.0 Å². The number of rotatable bonds is 6. The molecule has 0 nitrogen and oxygen atoms in total. The van der Waals surface area contributed by atoms with Gasteiger partial charge in [-0.3, -0.25) is 0 Å². The third kappa shape index (κ3) is 5.65. The topological polar surface area (TPSA) is 0 Å². The third-order valence-electron chi connectivity index (χ3n) is 2.09. The number of halogens is 1. The molecule has 0 atom stereocenters. The summed E-state index contributed by atoms with van der Waals surface area (Å²) in [5, 5.41) is 0. The molecule has 0 radical (unpaired) electrons. The van der Waals surface area contributed by atoms with E-state index in [1.807, 2.05) is 0 Å². The van der Waals surface area contributed by atoms with Crippen LogP contribution in [0, 0.1) is 0 Å². The molecule has 0 heterocycles. The summed E-state index contributed by atoms with van der Waals surface area (Å²) in [5.41, 5.74) is 0. The van der Waals surface area contributed by atoms with Crippen molar-refractivity contribution in [3.05, 3.63) is 0 Å². The molecule has 0 fully saturated rings. The van der Waals surface area contributed by atoms with E-state index in [1.165, 1.54) is 19.3 Å². The minimum atomic E-state index is -1.27. The van der Waals surface area contributed by atoms with Crippen LogP contribution >= 0.6 is 19.2 Å². The van der Waals surface area contributed by atoms with Gasteiger partial charge in [0.05, 0.1) is 0 Å². The van der Waals surface area contributed by atoms with Crippen molar-refractivity contribution in [2.75, 3.05) is 0 Å². The predicted octanol–water partition coefficient (Wildman–Crippen LogP) is 4.98. The zero-order valence-corrected chi connectivity index (χ0v) is 11.8. The molecule has 11 heavy (non-hydrogen) atoms. The van der Waals surface area contributed by atoms with Crippen LogP contribution in [-0.4, -0.2) is 0 Å². The van der Waals surface area contributed by atoms with Crippen molar-refractivity contribution < 1.29 is 12.8 Å². The molecule has 0 saturated heterocycles. The van der Waals surface area contributed by atoms with Crippen LogP contribution in [0.15, 0.2) is 0 Å². The molecule has 0 unspecified atom stereocenters. The Morgan fingerprint density at radius 1 is 0.818 bits per heavy atom. The second-order valence-electron chi connectivity index (χ2n) is 3.40. The van der Waals surface area contributed by atoms with E-state index in [0.717, 1.165) is 0 Å². The first-order valence-corrected chi connectivity index (χ1v) is 13.2. The van der Waals surface area contributed by atoms with Crippen molar-refractivity contribution in [2.45, 2.75) is 54.2 Å². The van der Waals surface area contributed by atoms with Gasteiger partial charge in [0.25, 0.3) is 0 Å². The predicted molar refractivity (Wildman–Crippen MR) is 59.3 cm³/mol. The van der Waals surface area contributed by atoms with Crippen molar-refractivity contribution in [1.29, 1.82) is 0 Å². The molecule has 2 heteroatoms. The molecule has 0 amide bonds. The van der Waals surface area contributed by atoms with Crippen molar-refractivity contribution in [2.24, 2.45) is 0 Å². The molecule has 0 aromatic heterocycles. The van der Waals surface area contributed by atoms with Crippen LogP contribution in [0.25, 0.3) is 0 Å². The number of hydrogen-bond donors (Lipinski definition) is 0. The summed E-state index contributed by atoms with van der Waals surface area (Å²) in [7, 11) is 0. The fraction of sp³-hybridized carbons (Fsp3) is 1.00. The molecule has 0 N–H and O–H groups in total. The van der Waals surface area contributed by atoms with Gasteiger partial charge >= 0.3 is 86.2 Å². The summed E-state index contributed by atoms with van der Waals surface area (Å²) in [6.07, 6.45) is 4.26. The van der Waals surface area contributed by atoms with E-state index >= 15 is 0 Å². The Hall–Kier alpha value is 1.44. The fourth-order valence-electron chi connectivity index (χ4n) is 1.72. The van der Waals surface area contributed by atoms with E-state index in [1.54, 1.807) is 14.2 Å². The van der Waals surface area contributed by atoms with Crippen LogP contribution in [0.5, 0.6) is 0 Å². The van der Waals surface area contributed by atoms with Crippen LogP contribution in [0.1, 0.15) is 40.0 Å². The van der Waals surface area contributed by atoms with Crippen molar-refractivity contribution in [3.63, 3.8) is 0 Å². The molecule has 0 aromatic rings. The molecule has 0 rings (SSSR count). The molecule has 0 saturated carbocycles. The van der Waals surface area contributed by atoms with Gasteiger partial charge in [-0.25, -0.2) is 0 Å². The van der Waals surface area contributed by atoms with E-state index in [4.69, 9.17) is 0 Å². The Morgan fingerprint density at radius 3 is 1.27 bits per heavy atom. The Labute approximate surface area is 85.6 Å². The first-order chi connectivity index (χ1) is 5.18. The fourth-order valence-corrected chi connectivity index (χ4v) is 13.8. The molecular formula is C9H21ITi. The van der Waals surface area contributed by atoms with Crippen molar-refractivity contribution >= 4 is 19.2 Å². The van der Waals surface area contributed by atoms with Gasteiger partial charge in [-0.15, -0.1) is 0 Å². The Morgan fingerprint density at radius 2 is 1.09 bits per heavy atom. The molecule has 0 spiro atoms.